The molecule has 0 aliphatic carbocycles. The maximum Gasteiger partial charge on any atom is 0.286 e. The van der Waals surface area contributed by atoms with E-state index in [4.69, 9.17) is 9.47 Å². The molecule has 1 atom stereocenters. The van der Waals surface area contributed by atoms with Crippen molar-refractivity contribution in [3.05, 3.63) is 59.2 Å². The molecule has 4 rings (SSSR count). The van der Waals surface area contributed by atoms with Gasteiger partial charge in [-0.3, -0.25) is 19.7 Å². The number of benzene rings is 2. The molecule has 3 amide bonds. The average molecular weight is 426 g/mol. The van der Waals surface area contributed by atoms with Crippen LogP contribution < -0.4 is 14.8 Å². The molecule has 2 aliphatic rings. The summed E-state index contributed by atoms with van der Waals surface area (Å²) in [5.41, 5.74) is 2.65. The third-order valence-corrected chi connectivity index (χ3v) is 6.07. The molecule has 2 aromatic rings. The van der Waals surface area contributed by atoms with Gasteiger partial charge in [0.25, 0.3) is 11.1 Å². The zero-order chi connectivity index (χ0) is 21.1. The number of nitrogens with zero attached hydrogens (tertiary/aromatic N) is 1. The summed E-state index contributed by atoms with van der Waals surface area (Å²) in [5.74, 6) is 1.01. The molecule has 1 fully saturated rings. The van der Waals surface area contributed by atoms with Gasteiger partial charge in [0.2, 0.25) is 5.91 Å². The zero-order valence-corrected chi connectivity index (χ0v) is 17.4. The first-order valence-electron chi connectivity index (χ1n) is 9.81. The van der Waals surface area contributed by atoms with Crippen LogP contribution in [0.3, 0.4) is 0 Å². The highest BCUT2D eigenvalue weighted by atomic mass is 32.2. The molecular weight excluding hydrogens is 404 g/mol. The summed E-state index contributed by atoms with van der Waals surface area (Å²) in [6.45, 7) is 3.01. The van der Waals surface area contributed by atoms with Crippen LogP contribution in [0, 0.1) is 0 Å². The van der Waals surface area contributed by atoms with E-state index in [-0.39, 0.29) is 29.0 Å². The van der Waals surface area contributed by atoms with E-state index in [1.54, 1.807) is 4.90 Å². The predicted octanol–water partition coefficient (Wildman–Crippen LogP) is 3.01. The van der Waals surface area contributed by atoms with E-state index in [0.717, 1.165) is 29.3 Å². The Bertz CT molecular complexity index is 976. The number of thioether (sulfide) groups is 1. The molecule has 2 heterocycles. The van der Waals surface area contributed by atoms with Gasteiger partial charge in [0.1, 0.15) is 18.1 Å². The van der Waals surface area contributed by atoms with Gasteiger partial charge in [-0.25, -0.2) is 0 Å². The number of carbonyl (C=O) groups is 3. The Balaban J connectivity index is 1.28. The summed E-state index contributed by atoms with van der Waals surface area (Å²) in [6.07, 6.45) is 1.35. The number of nitrogens with one attached hydrogen (secondary N) is 1. The molecule has 0 saturated carbocycles. The molecule has 2 aromatic carbocycles. The van der Waals surface area contributed by atoms with Crippen molar-refractivity contribution in [1.29, 1.82) is 0 Å². The van der Waals surface area contributed by atoms with E-state index in [9.17, 15) is 14.4 Å². The summed E-state index contributed by atoms with van der Waals surface area (Å²) in [7, 11) is 0. The second-order valence-corrected chi connectivity index (χ2v) is 8.28. The van der Waals surface area contributed by atoms with Crippen LogP contribution in [0.15, 0.2) is 42.5 Å². The van der Waals surface area contributed by atoms with Gasteiger partial charge in [-0.2, -0.15) is 0 Å². The Labute approximate surface area is 178 Å². The van der Waals surface area contributed by atoms with Crippen LogP contribution in [0.5, 0.6) is 11.5 Å². The second kappa shape index (κ2) is 8.79. The first-order chi connectivity index (χ1) is 14.5. The summed E-state index contributed by atoms with van der Waals surface area (Å²) in [4.78, 5) is 37.3. The molecule has 0 bridgehead atoms. The topological polar surface area (TPSA) is 84.9 Å². The van der Waals surface area contributed by atoms with E-state index < -0.39 is 0 Å². The molecule has 0 spiro atoms. The first kappa shape index (κ1) is 20.3. The van der Waals surface area contributed by atoms with Crippen molar-refractivity contribution in [2.24, 2.45) is 0 Å². The van der Waals surface area contributed by atoms with Crippen LogP contribution in [-0.4, -0.2) is 47.1 Å². The Hall–Kier alpha value is -3.00. The van der Waals surface area contributed by atoms with Crippen LogP contribution in [0.2, 0.25) is 0 Å². The quantitative estimate of drug-likeness (QED) is 0.733. The van der Waals surface area contributed by atoms with Crippen LogP contribution >= 0.6 is 11.8 Å². The smallest absolute Gasteiger partial charge is 0.286 e. The number of aryl methyl sites for hydroxylation is 1. The van der Waals surface area contributed by atoms with E-state index in [1.165, 1.54) is 0 Å². The lowest BCUT2D eigenvalue weighted by atomic mass is 10.1. The van der Waals surface area contributed by atoms with Crippen LogP contribution in [0.4, 0.5) is 4.79 Å². The lowest BCUT2D eigenvalue weighted by Gasteiger charge is -2.29. The number of carbonyl (C=O) groups excluding carboxylic acids is 3. The zero-order valence-electron chi connectivity index (χ0n) is 16.6. The van der Waals surface area contributed by atoms with Crippen molar-refractivity contribution >= 4 is 28.8 Å². The third-order valence-electron chi connectivity index (χ3n) is 5.09. The summed E-state index contributed by atoms with van der Waals surface area (Å²) in [6, 6.07) is 13.1. The van der Waals surface area contributed by atoms with Crippen molar-refractivity contribution in [3.63, 3.8) is 0 Å². The van der Waals surface area contributed by atoms with Gasteiger partial charge in [-0.05, 0) is 48.2 Å². The molecule has 156 valence electrons. The maximum atomic E-state index is 12.7. The van der Waals surface area contributed by atoms with Crippen LogP contribution in [0.25, 0.3) is 0 Å². The minimum absolute atomic E-state index is 0.0487. The van der Waals surface area contributed by atoms with Gasteiger partial charge in [0, 0.05) is 0 Å². The third kappa shape index (κ3) is 4.43. The standard InChI is InChI=1S/C22H22N2O5S/c1-2-14-5-8-18-17(11-14)21(26)24(13-29-18)9-10-28-16-6-3-15(4-7-16)12-19-20(25)23-22(27)30-19/h3-8,11,19H,2,9-10,12-13H2,1H3,(H,23,25,27). The highest BCUT2D eigenvalue weighted by Crippen LogP contribution is 2.26. The normalized spacial score (nSPS) is 18.1. The number of fused-ring (bicyclic) bond motifs is 1. The fourth-order valence-corrected chi connectivity index (χ4v) is 4.23. The summed E-state index contributed by atoms with van der Waals surface area (Å²) >= 11 is 1.02. The van der Waals surface area contributed by atoms with Crippen molar-refractivity contribution in [1.82, 2.24) is 10.2 Å². The summed E-state index contributed by atoms with van der Waals surface area (Å²) in [5, 5.41) is 1.61. The molecule has 8 heteroatoms. The molecule has 2 aliphatic heterocycles. The van der Waals surface area contributed by atoms with Gasteiger partial charge in [0.05, 0.1) is 17.4 Å². The number of hydrogen-bond donors (Lipinski definition) is 1. The van der Waals surface area contributed by atoms with Gasteiger partial charge in [-0.1, -0.05) is 36.9 Å². The van der Waals surface area contributed by atoms with Gasteiger partial charge in [-0.15, -0.1) is 0 Å². The lowest BCUT2D eigenvalue weighted by Crippen LogP contribution is -2.41. The Morgan fingerprint density at radius 2 is 1.90 bits per heavy atom. The first-order valence-corrected chi connectivity index (χ1v) is 10.7. The molecule has 1 saturated heterocycles. The van der Waals surface area contributed by atoms with Crippen molar-refractivity contribution in [3.8, 4) is 11.5 Å². The fraction of sp³-hybridized carbons (Fsp3) is 0.318. The Morgan fingerprint density at radius 1 is 1.13 bits per heavy atom. The maximum absolute atomic E-state index is 12.7. The monoisotopic (exact) mass is 426 g/mol. The number of ether oxygens (including phenoxy) is 2. The highest BCUT2D eigenvalue weighted by Gasteiger charge is 2.31. The van der Waals surface area contributed by atoms with Gasteiger partial charge >= 0.3 is 0 Å². The predicted molar refractivity (Wildman–Crippen MR) is 113 cm³/mol. The van der Waals surface area contributed by atoms with Crippen molar-refractivity contribution < 1.29 is 23.9 Å². The summed E-state index contributed by atoms with van der Waals surface area (Å²) < 4.78 is 11.5. The van der Waals surface area contributed by atoms with Crippen molar-refractivity contribution in [2.45, 2.75) is 25.0 Å². The van der Waals surface area contributed by atoms with Crippen LogP contribution in [0.1, 0.15) is 28.4 Å². The fourth-order valence-electron chi connectivity index (χ4n) is 3.37. The van der Waals surface area contributed by atoms with E-state index in [2.05, 4.69) is 5.32 Å². The molecule has 0 aromatic heterocycles. The van der Waals surface area contributed by atoms with E-state index in [1.807, 2.05) is 49.4 Å². The molecule has 7 nitrogen and oxygen atoms in total. The second-order valence-electron chi connectivity index (χ2n) is 7.11. The Morgan fingerprint density at radius 3 is 2.60 bits per heavy atom. The minimum atomic E-state index is -0.384. The van der Waals surface area contributed by atoms with Crippen LogP contribution in [-0.2, 0) is 17.6 Å². The SMILES string of the molecule is CCc1ccc2c(c1)C(=O)N(CCOc1ccc(CC3SC(=O)NC3=O)cc1)CO2. The number of imide groups is 1. The molecule has 30 heavy (non-hydrogen) atoms. The van der Waals surface area contributed by atoms with E-state index >= 15 is 0 Å². The Kier molecular flexibility index (Phi) is 5.94. The van der Waals surface area contributed by atoms with Crippen molar-refractivity contribution in [2.75, 3.05) is 19.9 Å². The van der Waals surface area contributed by atoms with Gasteiger partial charge in [0.15, 0.2) is 6.73 Å². The van der Waals surface area contributed by atoms with Gasteiger partial charge < -0.3 is 14.4 Å². The largest absolute Gasteiger partial charge is 0.492 e. The molecular formula is C22H22N2O5S. The molecule has 0 radical (unpaired) electrons. The number of hydrogen-bond acceptors (Lipinski definition) is 6. The number of rotatable bonds is 7. The van der Waals surface area contributed by atoms with E-state index in [0.29, 0.717) is 36.6 Å². The lowest BCUT2D eigenvalue weighted by molar-refractivity contribution is -0.118. The molecule has 1 unspecified atom stereocenters. The minimum Gasteiger partial charge on any atom is -0.492 e. The average Bonchev–Trinajstić information content (AvgIpc) is 3.07. The number of amides is 3. The molecule has 1 N–H and O–H groups in total. The highest BCUT2D eigenvalue weighted by molar-refractivity contribution is 8.15.